The highest BCUT2D eigenvalue weighted by Crippen LogP contribution is 2.31. The summed E-state index contributed by atoms with van der Waals surface area (Å²) in [7, 11) is 2.02. The van der Waals surface area contributed by atoms with Gasteiger partial charge in [0.2, 0.25) is 11.5 Å². The van der Waals surface area contributed by atoms with E-state index >= 15 is 0 Å². The van der Waals surface area contributed by atoms with Gasteiger partial charge in [-0.1, -0.05) is 12.1 Å². The van der Waals surface area contributed by atoms with Crippen molar-refractivity contribution in [3.63, 3.8) is 0 Å². The normalized spacial score (nSPS) is 23.4. The molecule has 0 radical (unpaired) electrons. The van der Waals surface area contributed by atoms with Gasteiger partial charge < -0.3 is 19.6 Å². The average molecular weight is 346 g/mol. The Balaban J connectivity index is 1.66. The minimum absolute atomic E-state index is 0.0417. The van der Waals surface area contributed by atoms with Crippen LogP contribution in [-0.2, 0) is 9.59 Å². The van der Waals surface area contributed by atoms with Crippen LogP contribution in [0, 0.1) is 12.8 Å². The van der Waals surface area contributed by atoms with Gasteiger partial charge in [-0.3, -0.25) is 4.79 Å². The number of aryl methyl sites for hydroxylation is 1. The molecule has 1 aromatic carbocycles. The van der Waals surface area contributed by atoms with Crippen molar-refractivity contribution < 1.29 is 19.4 Å². The number of hydrogen-bond donors (Lipinski definition) is 1. The fourth-order valence-corrected chi connectivity index (χ4v) is 3.75. The topological polar surface area (TPSA) is 70.1 Å². The number of likely N-dealkylation sites (tertiary alicyclic amines) is 2. The second-order valence-electron chi connectivity index (χ2n) is 7.29. The summed E-state index contributed by atoms with van der Waals surface area (Å²) in [5, 5.41) is 9.76. The standard InChI is InChI=1S/C19H26N2O4/c1-14-4-3-5-16(12-14)25-19(18(23)24)7-10-21(11-8-19)17(22)15-6-9-20(2)13-15/h3-5,12,15H,6-11,13H2,1-2H3,(H,23,24). The molecule has 136 valence electrons. The zero-order valence-electron chi connectivity index (χ0n) is 14.9. The van der Waals surface area contributed by atoms with Gasteiger partial charge in [0.1, 0.15) is 5.75 Å². The third kappa shape index (κ3) is 3.79. The summed E-state index contributed by atoms with van der Waals surface area (Å²) < 4.78 is 5.91. The van der Waals surface area contributed by atoms with E-state index in [2.05, 4.69) is 4.90 Å². The molecule has 1 aromatic rings. The van der Waals surface area contributed by atoms with Crippen molar-refractivity contribution in [2.24, 2.45) is 5.92 Å². The monoisotopic (exact) mass is 346 g/mol. The maximum atomic E-state index is 12.6. The van der Waals surface area contributed by atoms with Crippen LogP contribution in [0.4, 0.5) is 0 Å². The third-order valence-corrected chi connectivity index (χ3v) is 5.32. The van der Waals surface area contributed by atoms with Crippen LogP contribution in [0.1, 0.15) is 24.8 Å². The molecule has 0 bridgehead atoms. The third-order valence-electron chi connectivity index (χ3n) is 5.32. The van der Waals surface area contributed by atoms with Crippen LogP contribution in [0.2, 0.25) is 0 Å². The van der Waals surface area contributed by atoms with Crippen molar-refractivity contribution >= 4 is 11.9 Å². The number of piperidine rings is 1. The largest absolute Gasteiger partial charge is 0.478 e. The number of carbonyl (C=O) groups is 2. The van der Waals surface area contributed by atoms with E-state index in [-0.39, 0.29) is 11.8 Å². The molecule has 1 amide bonds. The minimum atomic E-state index is -1.25. The van der Waals surface area contributed by atoms with Gasteiger partial charge in [0.15, 0.2) is 0 Å². The van der Waals surface area contributed by atoms with Crippen molar-refractivity contribution in [3.05, 3.63) is 29.8 Å². The number of nitrogens with zero attached hydrogens (tertiary/aromatic N) is 2. The highest BCUT2D eigenvalue weighted by Gasteiger charge is 2.45. The van der Waals surface area contributed by atoms with Crippen molar-refractivity contribution in [2.75, 3.05) is 33.2 Å². The summed E-state index contributed by atoms with van der Waals surface area (Å²) in [6, 6.07) is 7.43. The number of carbonyl (C=O) groups excluding carboxylic acids is 1. The van der Waals surface area contributed by atoms with Gasteiger partial charge >= 0.3 is 5.97 Å². The Morgan fingerprint density at radius 2 is 1.96 bits per heavy atom. The second-order valence-corrected chi connectivity index (χ2v) is 7.29. The van der Waals surface area contributed by atoms with E-state index in [0.29, 0.717) is 31.7 Å². The molecule has 2 aliphatic rings. The Morgan fingerprint density at radius 3 is 2.52 bits per heavy atom. The SMILES string of the molecule is Cc1cccc(OC2(C(=O)O)CCN(C(=O)C3CCN(C)C3)CC2)c1. The molecule has 1 N–H and O–H groups in total. The van der Waals surface area contributed by atoms with E-state index in [9.17, 15) is 14.7 Å². The summed E-state index contributed by atoms with van der Waals surface area (Å²) in [6.45, 7) is 4.54. The fourth-order valence-electron chi connectivity index (χ4n) is 3.75. The summed E-state index contributed by atoms with van der Waals surface area (Å²) in [6.07, 6.45) is 1.50. The molecule has 1 atom stereocenters. The first-order chi connectivity index (χ1) is 11.9. The van der Waals surface area contributed by atoms with E-state index in [4.69, 9.17) is 4.74 Å². The zero-order valence-corrected chi connectivity index (χ0v) is 14.9. The van der Waals surface area contributed by atoms with E-state index in [1.54, 1.807) is 6.07 Å². The van der Waals surface area contributed by atoms with Crippen LogP contribution >= 0.6 is 0 Å². The van der Waals surface area contributed by atoms with E-state index in [1.807, 2.05) is 37.1 Å². The molecule has 0 aliphatic carbocycles. The van der Waals surface area contributed by atoms with Gasteiger partial charge in [-0.05, 0) is 44.6 Å². The first-order valence-electron chi connectivity index (χ1n) is 8.86. The predicted molar refractivity (Wildman–Crippen MR) is 93.6 cm³/mol. The van der Waals surface area contributed by atoms with Gasteiger partial charge in [0, 0.05) is 32.5 Å². The maximum absolute atomic E-state index is 12.6. The quantitative estimate of drug-likeness (QED) is 0.900. The number of amides is 1. The lowest BCUT2D eigenvalue weighted by atomic mass is 9.90. The van der Waals surface area contributed by atoms with Crippen LogP contribution in [0.15, 0.2) is 24.3 Å². The fraction of sp³-hybridized carbons (Fsp3) is 0.579. The molecule has 6 heteroatoms. The van der Waals surface area contributed by atoms with Crippen LogP contribution in [-0.4, -0.2) is 65.6 Å². The lowest BCUT2D eigenvalue weighted by Crippen LogP contribution is -2.55. The summed E-state index contributed by atoms with van der Waals surface area (Å²) >= 11 is 0. The molecule has 3 rings (SSSR count). The number of carboxylic acid groups (broad SMARTS) is 1. The molecular weight excluding hydrogens is 320 g/mol. The smallest absolute Gasteiger partial charge is 0.348 e. The molecule has 6 nitrogen and oxygen atoms in total. The lowest BCUT2D eigenvalue weighted by Gasteiger charge is -2.39. The van der Waals surface area contributed by atoms with Crippen LogP contribution in [0.25, 0.3) is 0 Å². The summed E-state index contributed by atoms with van der Waals surface area (Å²) in [4.78, 5) is 28.5. The van der Waals surface area contributed by atoms with Crippen molar-refractivity contribution in [3.8, 4) is 5.75 Å². The van der Waals surface area contributed by atoms with Gasteiger partial charge in [-0.25, -0.2) is 4.79 Å². The number of aliphatic carboxylic acids is 1. The molecule has 2 aliphatic heterocycles. The molecule has 0 saturated carbocycles. The Hall–Kier alpha value is -2.08. The van der Waals surface area contributed by atoms with Crippen LogP contribution < -0.4 is 4.74 Å². The molecule has 0 spiro atoms. The van der Waals surface area contributed by atoms with Gasteiger partial charge in [0.05, 0.1) is 5.92 Å². The Kier molecular flexibility index (Phi) is 4.99. The Labute approximate surface area is 148 Å². The highest BCUT2D eigenvalue weighted by molar-refractivity contribution is 5.81. The lowest BCUT2D eigenvalue weighted by molar-refractivity contribution is -0.162. The number of carboxylic acids is 1. The molecule has 2 fully saturated rings. The Bertz CT molecular complexity index is 653. The predicted octanol–water partition coefficient (Wildman–Crippen LogP) is 1.77. The van der Waals surface area contributed by atoms with E-state index in [1.165, 1.54) is 0 Å². The molecular formula is C19H26N2O4. The van der Waals surface area contributed by atoms with E-state index in [0.717, 1.165) is 25.1 Å². The Morgan fingerprint density at radius 1 is 1.24 bits per heavy atom. The van der Waals surface area contributed by atoms with Gasteiger partial charge in [-0.15, -0.1) is 0 Å². The summed E-state index contributed by atoms with van der Waals surface area (Å²) in [5.41, 5.74) is -0.229. The van der Waals surface area contributed by atoms with Crippen LogP contribution in [0.3, 0.4) is 0 Å². The number of hydrogen-bond acceptors (Lipinski definition) is 4. The highest BCUT2D eigenvalue weighted by atomic mass is 16.5. The molecule has 2 heterocycles. The molecule has 0 aromatic heterocycles. The van der Waals surface area contributed by atoms with Crippen molar-refractivity contribution in [2.45, 2.75) is 31.8 Å². The maximum Gasteiger partial charge on any atom is 0.348 e. The second kappa shape index (κ2) is 7.04. The van der Waals surface area contributed by atoms with Gasteiger partial charge in [-0.2, -0.15) is 0 Å². The summed E-state index contributed by atoms with van der Waals surface area (Å²) in [5.74, 6) is -0.194. The zero-order chi connectivity index (χ0) is 18.0. The molecule has 1 unspecified atom stereocenters. The minimum Gasteiger partial charge on any atom is -0.478 e. The number of ether oxygens (including phenoxy) is 1. The number of rotatable bonds is 4. The number of benzene rings is 1. The van der Waals surface area contributed by atoms with Crippen molar-refractivity contribution in [1.82, 2.24) is 9.80 Å². The van der Waals surface area contributed by atoms with Gasteiger partial charge in [0.25, 0.3) is 0 Å². The first kappa shape index (κ1) is 17.7. The van der Waals surface area contributed by atoms with E-state index < -0.39 is 11.6 Å². The molecule has 2 saturated heterocycles. The van der Waals surface area contributed by atoms with Crippen LogP contribution in [0.5, 0.6) is 5.75 Å². The first-order valence-corrected chi connectivity index (χ1v) is 8.86. The molecule has 25 heavy (non-hydrogen) atoms. The average Bonchev–Trinajstić information content (AvgIpc) is 3.01. The van der Waals surface area contributed by atoms with Crippen molar-refractivity contribution in [1.29, 1.82) is 0 Å².